The van der Waals surface area contributed by atoms with Crippen molar-refractivity contribution in [3.05, 3.63) is 29.3 Å². The van der Waals surface area contributed by atoms with Crippen molar-refractivity contribution < 1.29 is 37.8 Å². The second-order valence-corrected chi connectivity index (χ2v) is 4.26. The highest BCUT2D eigenvalue weighted by Gasteiger charge is 2.36. The van der Waals surface area contributed by atoms with Gasteiger partial charge in [0.1, 0.15) is 6.04 Å². The molecule has 0 aliphatic heterocycles. The van der Waals surface area contributed by atoms with Crippen LogP contribution in [-0.2, 0) is 15.8 Å². The molecular formula is C12H11F3N2O5. The number of carbonyl (C=O) groups excluding carboxylic acids is 1. The van der Waals surface area contributed by atoms with Crippen LogP contribution in [0.1, 0.15) is 22.3 Å². The Hall–Kier alpha value is -2.78. The van der Waals surface area contributed by atoms with E-state index < -0.39 is 47.6 Å². The molecule has 0 spiro atoms. The van der Waals surface area contributed by atoms with E-state index >= 15 is 0 Å². The summed E-state index contributed by atoms with van der Waals surface area (Å²) >= 11 is 0. The van der Waals surface area contributed by atoms with Gasteiger partial charge in [-0.2, -0.15) is 13.2 Å². The number of hydrogen-bond donors (Lipinski definition) is 4. The van der Waals surface area contributed by atoms with Crippen molar-refractivity contribution in [2.24, 2.45) is 0 Å². The summed E-state index contributed by atoms with van der Waals surface area (Å²) in [7, 11) is 0. The number of halogens is 3. The molecule has 7 nitrogen and oxygen atoms in total. The van der Waals surface area contributed by atoms with E-state index in [1.807, 2.05) is 0 Å². The maximum atomic E-state index is 12.8. The Kier molecular flexibility index (Phi) is 4.97. The molecule has 1 aromatic carbocycles. The van der Waals surface area contributed by atoms with Gasteiger partial charge in [0.05, 0.1) is 17.5 Å². The van der Waals surface area contributed by atoms with Crippen LogP contribution in [0.3, 0.4) is 0 Å². The molecule has 22 heavy (non-hydrogen) atoms. The van der Waals surface area contributed by atoms with Crippen LogP contribution in [0, 0.1) is 0 Å². The first-order valence-corrected chi connectivity index (χ1v) is 5.74. The Balaban J connectivity index is 3.12. The molecule has 10 heteroatoms. The summed E-state index contributed by atoms with van der Waals surface area (Å²) in [5.74, 6) is -4.57. The molecule has 0 heterocycles. The number of hydrogen-bond acceptors (Lipinski definition) is 4. The lowest BCUT2D eigenvalue weighted by molar-refractivity contribution is -0.145. The van der Waals surface area contributed by atoms with Crippen LogP contribution < -0.4 is 11.1 Å². The number of anilines is 1. The summed E-state index contributed by atoms with van der Waals surface area (Å²) < 4.78 is 38.5. The van der Waals surface area contributed by atoms with Crippen molar-refractivity contribution in [2.45, 2.75) is 18.6 Å². The largest absolute Gasteiger partial charge is 0.481 e. The Morgan fingerprint density at radius 3 is 2.27 bits per heavy atom. The van der Waals surface area contributed by atoms with Crippen LogP contribution in [0.25, 0.3) is 0 Å². The summed E-state index contributed by atoms with van der Waals surface area (Å²) in [5, 5.41) is 19.0. The Labute approximate surface area is 121 Å². The minimum Gasteiger partial charge on any atom is -0.481 e. The van der Waals surface area contributed by atoms with Gasteiger partial charge in [-0.15, -0.1) is 0 Å². The molecule has 0 bridgehead atoms. The minimum atomic E-state index is -4.88. The quantitative estimate of drug-likeness (QED) is 0.598. The van der Waals surface area contributed by atoms with Crippen LogP contribution >= 0.6 is 0 Å². The van der Waals surface area contributed by atoms with Crippen LogP contribution in [0.4, 0.5) is 18.9 Å². The summed E-state index contributed by atoms with van der Waals surface area (Å²) in [6, 6.07) is 0.496. The molecule has 0 saturated carbocycles. The Morgan fingerprint density at radius 2 is 1.82 bits per heavy atom. The van der Waals surface area contributed by atoms with Crippen molar-refractivity contribution in [3.8, 4) is 0 Å². The average Bonchev–Trinajstić information content (AvgIpc) is 2.35. The van der Waals surface area contributed by atoms with Crippen LogP contribution in [0.5, 0.6) is 0 Å². The van der Waals surface area contributed by atoms with Gasteiger partial charge < -0.3 is 21.3 Å². The van der Waals surface area contributed by atoms with Gasteiger partial charge in [-0.25, -0.2) is 4.79 Å². The smallest absolute Gasteiger partial charge is 0.417 e. The van der Waals surface area contributed by atoms with Gasteiger partial charge in [0.2, 0.25) is 0 Å². The molecular weight excluding hydrogens is 309 g/mol. The third-order valence-corrected chi connectivity index (χ3v) is 2.58. The van der Waals surface area contributed by atoms with E-state index in [9.17, 15) is 27.6 Å². The topological polar surface area (TPSA) is 130 Å². The highest BCUT2D eigenvalue weighted by molar-refractivity contribution is 5.99. The van der Waals surface area contributed by atoms with E-state index in [1.165, 1.54) is 0 Å². The first-order chi connectivity index (χ1) is 10.0. The molecule has 0 saturated heterocycles. The molecule has 1 atom stereocenters. The molecule has 0 radical (unpaired) electrons. The van der Waals surface area contributed by atoms with E-state index in [0.717, 1.165) is 12.1 Å². The summed E-state index contributed by atoms with van der Waals surface area (Å²) in [4.78, 5) is 33.1. The van der Waals surface area contributed by atoms with Gasteiger partial charge in [0.25, 0.3) is 5.91 Å². The SMILES string of the molecule is Nc1ccc(C(=O)NC(CC(=O)O)C(=O)O)c(C(F)(F)F)c1. The molecule has 0 aliphatic rings. The van der Waals surface area contributed by atoms with E-state index in [1.54, 1.807) is 5.32 Å². The standard InChI is InChI=1S/C12H11F3N2O5/c13-12(14,15)7-3-5(16)1-2-6(7)10(20)17-8(11(21)22)4-9(18)19/h1-3,8H,4,16H2,(H,17,20)(H,18,19)(H,21,22). The lowest BCUT2D eigenvalue weighted by Crippen LogP contribution is -2.42. The predicted octanol–water partition coefficient (Wildman–Crippen LogP) is 0.945. The number of aliphatic carboxylic acids is 2. The number of carboxylic acids is 2. The van der Waals surface area contributed by atoms with Gasteiger partial charge in [0.15, 0.2) is 0 Å². The van der Waals surface area contributed by atoms with Crippen LogP contribution in [-0.4, -0.2) is 34.1 Å². The highest BCUT2D eigenvalue weighted by Crippen LogP contribution is 2.33. The van der Waals surface area contributed by atoms with Gasteiger partial charge in [0, 0.05) is 5.69 Å². The Morgan fingerprint density at radius 1 is 1.23 bits per heavy atom. The molecule has 1 amide bonds. The summed E-state index contributed by atoms with van der Waals surface area (Å²) in [6.45, 7) is 0. The number of alkyl halides is 3. The van der Waals surface area contributed by atoms with Crippen LogP contribution in [0.2, 0.25) is 0 Å². The van der Waals surface area contributed by atoms with Gasteiger partial charge in [-0.1, -0.05) is 0 Å². The second-order valence-electron chi connectivity index (χ2n) is 4.26. The molecule has 0 aromatic heterocycles. The number of nitrogens with two attached hydrogens (primary N) is 1. The molecule has 5 N–H and O–H groups in total. The van der Waals surface area contributed by atoms with E-state index in [2.05, 4.69) is 0 Å². The zero-order chi connectivity index (χ0) is 17.1. The third-order valence-electron chi connectivity index (χ3n) is 2.58. The van der Waals surface area contributed by atoms with Crippen molar-refractivity contribution >= 4 is 23.5 Å². The zero-order valence-corrected chi connectivity index (χ0v) is 10.8. The number of carboxylic acid groups (broad SMARTS) is 2. The number of rotatable bonds is 5. The highest BCUT2D eigenvalue weighted by atomic mass is 19.4. The fourth-order valence-corrected chi connectivity index (χ4v) is 1.61. The molecule has 1 aromatic rings. The molecule has 0 fully saturated rings. The minimum absolute atomic E-state index is 0.232. The lowest BCUT2D eigenvalue weighted by atomic mass is 10.0. The van der Waals surface area contributed by atoms with E-state index in [-0.39, 0.29) is 5.69 Å². The van der Waals surface area contributed by atoms with Gasteiger partial charge >= 0.3 is 18.1 Å². The molecule has 1 rings (SSSR count). The number of nitrogen functional groups attached to an aromatic ring is 1. The Bertz CT molecular complexity index is 615. The molecule has 0 aliphatic carbocycles. The monoisotopic (exact) mass is 320 g/mol. The zero-order valence-electron chi connectivity index (χ0n) is 10.8. The molecule has 1 unspecified atom stereocenters. The predicted molar refractivity (Wildman–Crippen MR) is 67.0 cm³/mol. The van der Waals surface area contributed by atoms with Crippen LogP contribution in [0.15, 0.2) is 18.2 Å². The van der Waals surface area contributed by atoms with Crippen molar-refractivity contribution in [3.63, 3.8) is 0 Å². The van der Waals surface area contributed by atoms with Crippen molar-refractivity contribution in [1.82, 2.24) is 5.32 Å². The first kappa shape index (κ1) is 17.3. The maximum absolute atomic E-state index is 12.8. The second kappa shape index (κ2) is 6.33. The fraction of sp³-hybridized carbons (Fsp3) is 0.250. The van der Waals surface area contributed by atoms with Gasteiger partial charge in [-0.3, -0.25) is 9.59 Å². The average molecular weight is 320 g/mol. The number of carbonyl (C=O) groups is 3. The number of benzene rings is 1. The molecule has 120 valence electrons. The summed E-state index contributed by atoms with van der Waals surface area (Å²) in [5.41, 5.74) is 2.81. The van der Waals surface area contributed by atoms with E-state index in [0.29, 0.717) is 6.07 Å². The van der Waals surface area contributed by atoms with E-state index in [4.69, 9.17) is 15.9 Å². The number of nitrogens with one attached hydrogen (secondary N) is 1. The van der Waals surface area contributed by atoms with Crippen molar-refractivity contribution in [2.75, 3.05) is 5.73 Å². The first-order valence-electron chi connectivity index (χ1n) is 5.74. The normalized spacial score (nSPS) is 12.5. The third kappa shape index (κ3) is 4.36. The lowest BCUT2D eigenvalue weighted by Gasteiger charge is -2.16. The maximum Gasteiger partial charge on any atom is 0.417 e. The summed E-state index contributed by atoms with van der Waals surface area (Å²) in [6.07, 6.45) is -5.86. The fourth-order valence-electron chi connectivity index (χ4n) is 1.61. The van der Waals surface area contributed by atoms with Crippen molar-refractivity contribution in [1.29, 1.82) is 0 Å². The number of amides is 1. The van der Waals surface area contributed by atoms with Gasteiger partial charge in [-0.05, 0) is 18.2 Å².